The van der Waals surface area contributed by atoms with Crippen LogP contribution in [-0.2, 0) is 21.9 Å². The van der Waals surface area contributed by atoms with Gasteiger partial charge in [-0.2, -0.15) is 9.40 Å². The number of amides is 2. The second-order valence-corrected chi connectivity index (χ2v) is 14.8. The molecule has 1 fully saturated rings. The van der Waals surface area contributed by atoms with Crippen LogP contribution in [0.3, 0.4) is 0 Å². The van der Waals surface area contributed by atoms with E-state index in [1.165, 1.54) is 7.11 Å². The number of carbonyl (C=O) groups is 1. The molecule has 2 heterocycles. The SMILES string of the molecule is COc1ccc(C)cc1S(=O)(=O)N1CCC(Cc2ccc(NC(=O)Nc3cc(C(C)(C)C)nn3-c3ccc(C)cc3)cc2)CC1. The predicted octanol–water partition coefficient (Wildman–Crippen LogP) is 7.08. The van der Waals surface area contributed by atoms with Crippen molar-refractivity contribution in [1.82, 2.24) is 14.1 Å². The summed E-state index contributed by atoms with van der Waals surface area (Å²) in [5.41, 5.74) is 5.42. The number of aromatic nitrogens is 2. The summed E-state index contributed by atoms with van der Waals surface area (Å²) in [6.45, 7) is 11.1. The van der Waals surface area contributed by atoms with Crippen LogP contribution in [0.25, 0.3) is 5.69 Å². The van der Waals surface area contributed by atoms with E-state index < -0.39 is 10.0 Å². The minimum Gasteiger partial charge on any atom is -0.495 e. The summed E-state index contributed by atoms with van der Waals surface area (Å²) >= 11 is 0. The third-order valence-electron chi connectivity index (χ3n) is 8.24. The second-order valence-electron chi connectivity index (χ2n) is 12.9. The van der Waals surface area contributed by atoms with E-state index >= 15 is 0 Å². The molecule has 2 amide bonds. The fraction of sp³-hybridized carbons (Fsp3) is 0.371. The standard InChI is InChI=1S/C35H43N5O4S/c1-24-7-14-29(15-8-24)40-33(23-32(38-40)35(3,4)5)37-34(41)36-28-12-10-26(11-13-28)22-27-17-19-39(20-18-27)45(42,43)31-21-25(2)9-16-30(31)44-6/h7-16,21,23,27H,17-20,22H2,1-6H3,(H2,36,37,41). The van der Waals surface area contributed by atoms with Gasteiger partial charge < -0.3 is 10.1 Å². The Balaban J connectivity index is 1.18. The number of carbonyl (C=O) groups excluding carboxylic acids is 1. The number of nitrogens with one attached hydrogen (secondary N) is 2. The third-order valence-corrected chi connectivity index (χ3v) is 10.2. The quantitative estimate of drug-likeness (QED) is 0.217. The number of ether oxygens (including phenoxy) is 1. The number of rotatable bonds is 8. The van der Waals surface area contributed by atoms with E-state index in [9.17, 15) is 13.2 Å². The zero-order chi connectivity index (χ0) is 32.4. The van der Waals surface area contributed by atoms with Crippen molar-refractivity contribution in [2.24, 2.45) is 5.92 Å². The fourth-order valence-corrected chi connectivity index (χ4v) is 7.24. The average molecular weight is 630 g/mol. The molecule has 1 aliphatic heterocycles. The number of anilines is 2. The highest BCUT2D eigenvalue weighted by Crippen LogP contribution is 2.32. The van der Waals surface area contributed by atoms with Gasteiger partial charge in [0.1, 0.15) is 16.5 Å². The van der Waals surface area contributed by atoms with Crippen LogP contribution in [0.4, 0.5) is 16.3 Å². The minimum atomic E-state index is -3.63. The highest BCUT2D eigenvalue weighted by Gasteiger charge is 2.31. The van der Waals surface area contributed by atoms with Gasteiger partial charge in [0.05, 0.1) is 18.5 Å². The molecule has 0 spiro atoms. The number of nitrogens with zero attached hydrogens (tertiary/aromatic N) is 3. The van der Waals surface area contributed by atoms with Gasteiger partial charge in [0, 0.05) is 30.3 Å². The van der Waals surface area contributed by atoms with Gasteiger partial charge in [-0.25, -0.2) is 17.9 Å². The maximum Gasteiger partial charge on any atom is 0.324 e. The summed E-state index contributed by atoms with van der Waals surface area (Å²) in [4.78, 5) is 13.3. The van der Waals surface area contributed by atoms with Crippen LogP contribution in [-0.4, -0.2) is 48.7 Å². The van der Waals surface area contributed by atoms with Gasteiger partial charge in [-0.15, -0.1) is 0 Å². The van der Waals surface area contributed by atoms with Crippen molar-refractivity contribution < 1.29 is 17.9 Å². The molecule has 3 aromatic carbocycles. The van der Waals surface area contributed by atoms with Crippen molar-refractivity contribution in [1.29, 1.82) is 0 Å². The van der Waals surface area contributed by atoms with Gasteiger partial charge >= 0.3 is 6.03 Å². The van der Waals surface area contributed by atoms with Crippen molar-refractivity contribution in [2.75, 3.05) is 30.8 Å². The molecule has 0 bridgehead atoms. The summed E-state index contributed by atoms with van der Waals surface area (Å²) < 4.78 is 35.4. The molecular formula is C35H43N5O4S. The summed E-state index contributed by atoms with van der Waals surface area (Å²) in [7, 11) is -2.14. The smallest absolute Gasteiger partial charge is 0.324 e. The monoisotopic (exact) mass is 629 g/mol. The van der Waals surface area contributed by atoms with Crippen LogP contribution in [0.5, 0.6) is 5.75 Å². The van der Waals surface area contributed by atoms with Crippen LogP contribution >= 0.6 is 0 Å². The molecule has 1 saturated heterocycles. The summed E-state index contributed by atoms with van der Waals surface area (Å²) in [5.74, 6) is 1.33. The highest BCUT2D eigenvalue weighted by atomic mass is 32.2. The molecule has 5 rings (SSSR count). The molecule has 238 valence electrons. The van der Waals surface area contributed by atoms with Crippen molar-refractivity contribution in [3.8, 4) is 11.4 Å². The Morgan fingerprint density at radius 1 is 0.911 bits per heavy atom. The van der Waals surface area contributed by atoms with Crippen LogP contribution in [0.2, 0.25) is 0 Å². The molecule has 9 nitrogen and oxygen atoms in total. The number of aryl methyl sites for hydroxylation is 2. The fourth-order valence-electron chi connectivity index (χ4n) is 5.53. The molecule has 0 atom stereocenters. The number of hydrogen-bond acceptors (Lipinski definition) is 5. The molecule has 4 aromatic rings. The van der Waals surface area contributed by atoms with E-state index in [-0.39, 0.29) is 16.3 Å². The van der Waals surface area contributed by atoms with Crippen LogP contribution in [0.1, 0.15) is 56.0 Å². The number of urea groups is 1. The normalized spacial score (nSPS) is 14.7. The molecule has 0 unspecified atom stereocenters. The van der Waals surface area contributed by atoms with Crippen LogP contribution in [0, 0.1) is 19.8 Å². The van der Waals surface area contributed by atoms with E-state index in [0.29, 0.717) is 36.3 Å². The van der Waals surface area contributed by atoms with Crippen molar-refractivity contribution in [2.45, 2.75) is 64.2 Å². The third kappa shape index (κ3) is 7.57. The van der Waals surface area contributed by atoms with Gasteiger partial charge in [-0.1, -0.05) is 56.7 Å². The summed E-state index contributed by atoms with van der Waals surface area (Å²) in [6, 6.07) is 22.6. The molecular weight excluding hydrogens is 586 g/mol. The maximum atomic E-state index is 13.4. The Kier molecular flexibility index (Phi) is 9.36. The second kappa shape index (κ2) is 13.1. The Morgan fingerprint density at radius 3 is 2.18 bits per heavy atom. The number of benzene rings is 3. The lowest BCUT2D eigenvalue weighted by atomic mass is 9.91. The van der Waals surface area contributed by atoms with Crippen molar-refractivity contribution in [3.05, 3.63) is 95.2 Å². The first-order valence-electron chi connectivity index (χ1n) is 15.3. The molecule has 2 N–H and O–H groups in total. The molecule has 0 aliphatic carbocycles. The average Bonchev–Trinajstić information content (AvgIpc) is 3.43. The van der Waals surface area contributed by atoms with E-state index in [0.717, 1.165) is 47.3 Å². The number of piperidine rings is 1. The molecule has 1 aliphatic rings. The maximum absolute atomic E-state index is 13.4. The Labute approximate surface area is 266 Å². The van der Waals surface area contributed by atoms with E-state index in [4.69, 9.17) is 9.84 Å². The number of sulfonamides is 1. The Bertz CT molecular complexity index is 1750. The topological polar surface area (TPSA) is 106 Å². The molecule has 1 aromatic heterocycles. The summed E-state index contributed by atoms with van der Waals surface area (Å²) in [6.07, 6.45) is 2.40. The predicted molar refractivity (Wildman–Crippen MR) is 179 cm³/mol. The Hall–Kier alpha value is -4.15. The lowest BCUT2D eigenvalue weighted by Crippen LogP contribution is -2.39. The minimum absolute atomic E-state index is 0.182. The highest BCUT2D eigenvalue weighted by molar-refractivity contribution is 7.89. The van der Waals surface area contributed by atoms with Crippen molar-refractivity contribution in [3.63, 3.8) is 0 Å². The molecule has 0 saturated carbocycles. The van der Waals surface area contributed by atoms with Gasteiger partial charge in [-0.3, -0.25) is 5.32 Å². The van der Waals surface area contributed by atoms with E-state index in [2.05, 4.69) is 31.4 Å². The van der Waals surface area contributed by atoms with Gasteiger partial charge in [0.15, 0.2) is 0 Å². The zero-order valence-electron chi connectivity index (χ0n) is 26.9. The van der Waals surface area contributed by atoms with Crippen LogP contribution in [0.15, 0.2) is 77.7 Å². The molecule has 45 heavy (non-hydrogen) atoms. The summed E-state index contributed by atoms with van der Waals surface area (Å²) in [5, 5.41) is 10.7. The van der Waals surface area contributed by atoms with Gasteiger partial charge in [-0.05, 0) is 86.6 Å². The van der Waals surface area contributed by atoms with E-state index in [1.807, 2.05) is 74.5 Å². The lowest BCUT2D eigenvalue weighted by Gasteiger charge is -2.31. The van der Waals surface area contributed by atoms with Crippen LogP contribution < -0.4 is 15.4 Å². The first-order valence-corrected chi connectivity index (χ1v) is 16.8. The van der Waals surface area contributed by atoms with E-state index in [1.54, 1.807) is 21.1 Å². The largest absolute Gasteiger partial charge is 0.495 e. The van der Waals surface area contributed by atoms with Gasteiger partial charge in [0.2, 0.25) is 10.0 Å². The molecule has 10 heteroatoms. The number of hydrogen-bond donors (Lipinski definition) is 2. The first-order chi connectivity index (χ1) is 21.3. The number of methoxy groups -OCH3 is 1. The van der Waals surface area contributed by atoms with Crippen molar-refractivity contribution >= 4 is 27.6 Å². The first kappa shape index (κ1) is 32.2. The molecule has 0 radical (unpaired) electrons. The Morgan fingerprint density at radius 2 is 1.56 bits per heavy atom. The van der Waals surface area contributed by atoms with Gasteiger partial charge in [0.25, 0.3) is 0 Å². The lowest BCUT2D eigenvalue weighted by molar-refractivity contribution is 0.262. The zero-order valence-corrected chi connectivity index (χ0v) is 27.7.